The fourth-order valence-corrected chi connectivity index (χ4v) is 1.33. The molecule has 1 heterocycles. The first-order chi connectivity index (χ1) is 7.76. The molecule has 0 aliphatic rings. The normalized spacial score (nSPS) is 12.2. The molecule has 1 aromatic rings. The van der Waals surface area contributed by atoms with Crippen LogP contribution < -0.4 is 10.6 Å². The highest BCUT2D eigenvalue weighted by Gasteiger charge is 1.99. The van der Waals surface area contributed by atoms with Crippen molar-refractivity contribution < 1.29 is 0 Å². The van der Waals surface area contributed by atoms with Crippen LogP contribution in [0.5, 0.6) is 0 Å². The van der Waals surface area contributed by atoms with Crippen molar-refractivity contribution >= 4 is 11.5 Å². The molecule has 90 valence electrons. The van der Waals surface area contributed by atoms with Crippen molar-refractivity contribution in [2.24, 2.45) is 5.92 Å². The summed E-state index contributed by atoms with van der Waals surface area (Å²) in [5.74, 6) is 1.66. The van der Waals surface area contributed by atoms with E-state index in [1.165, 1.54) is 6.42 Å². The molecular formula is C13H23N3. The van der Waals surface area contributed by atoms with Gasteiger partial charge in [0.2, 0.25) is 0 Å². The van der Waals surface area contributed by atoms with Crippen LogP contribution in [0.25, 0.3) is 0 Å². The van der Waals surface area contributed by atoms with Crippen LogP contribution in [0.15, 0.2) is 18.3 Å². The van der Waals surface area contributed by atoms with Crippen molar-refractivity contribution in [1.29, 1.82) is 0 Å². The van der Waals surface area contributed by atoms with E-state index in [2.05, 4.69) is 42.5 Å². The quantitative estimate of drug-likeness (QED) is 0.741. The Bertz CT molecular complexity index is 299. The molecule has 3 nitrogen and oxygen atoms in total. The fourth-order valence-electron chi connectivity index (χ4n) is 1.33. The predicted octanol–water partition coefficient (Wildman–Crippen LogP) is 3.36. The highest BCUT2D eigenvalue weighted by molar-refractivity contribution is 5.51. The second-order valence-electron chi connectivity index (χ2n) is 4.25. The highest BCUT2D eigenvalue weighted by atomic mass is 15.0. The molecule has 0 radical (unpaired) electrons. The van der Waals surface area contributed by atoms with E-state index in [1.54, 1.807) is 0 Å². The van der Waals surface area contributed by atoms with Crippen molar-refractivity contribution in [2.75, 3.05) is 23.7 Å². The monoisotopic (exact) mass is 221 g/mol. The summed E-state index contributed by atoms with van der Waals surface area (Å²) >= 11 is 0. The first kappa shape index (κ1) is 12.8. The molecule has 1 unspecified atom stereocenters. The SMILES string of the molecule is CCCNc1cc(NCC(C)CC)ccn1. The third kappa shape index (κ3) is 4.51. The van der Waals surface area contributed by atoms with Crippen molar-refractivity contribution in [2.45, 2.75) is 33.6 Å². The van der Waals surface area contributed by atoms with Gasteiger partial charge in [0.25, 0.3) is 0 Å². The topological polar surface area (TPSA) is 37.0 Å². The predicted molar refractivity (Wildman–Crippen MR) is 71.0 cm³/mol. The Hall–Kier alpha value is -1.25. The zero-order valence-electron chi connectivity index (χ0n) is 10.6. The Labute approximate surface area is 98.7 Å². The Morgan fingerprint density at radius 3 is 2.81 bits per heavy atom. The van der Waals surface area contributed by atoms with Gasteiger partial charge in [0.05, 0.1) is 0 Å². The molecule has 2 N–H and O–H groups in total. The maximum Gasteiger partial charge on any atom is 0.127 e. The van der Waals surface area contributed by atoms with Crippen LogP contribution in [-0.4, -0.2) is 18.1 Å². The summed E-state index contributed by atoms with van der Waals surface area (Å²) in [6.45, 7) is 8.62. The number of nitrogens with zero attached hydrogens (tertiary/aromatic N) is 1. The van der Waals surface area contributed by atoms with E-state index in [-0.39, 0.29) is 0 Å². The molecule has 16 heavy (non-hydrogen) atoms. The van der Waals surface area contributed by atoms with Gasteiger partial charge in [0.1, 0.15) is 5.82 Å². The fraction of sp³-hybridized carbons (Fsp3) is 0.615. The van der Waals surface area contributed by atoms with E-state index >= 15 is 0 Å². The lowest BCUT2D eigenvalue weighted by Crippen LogP contribution is -2.10. The molecule has 0 amide bonds. The summed E-state index contributed by atoms with van der Waals surface area (Å²) < 4.78 is 0. The summed E-state index contributed by atoms with van der Waals surface area (Å²) in [4.78, 5) is 4.27. The maximum atomic E-state index is 4.27. The summed E-state index contributed by atoms with van der Waals surface area (Å²) in [6.07, 6.45) is 4.17. The van der Waals surface area contributed by atoms with Crippen LogP contribution in [0.1, 0.15) is 33.6 Å². The number of rotatable bonds is 7. The molecular weight excluding hydrogens is 198 g/mol. The first-order valence-corrected chi connectivity index (χ1v) is 6.20. The van der Waals surface area contributed by atoms with Gasteiger partial charge >= 0.3 is 0 Å². The Kier molecular flexibility index (Phi) is 5.68. The summed E-state index contributed by atoms with van der Waals surface area (Å²) in [7, 11) is 0. The standard InChI is InChI=1S/C13H23N3/c1-4-7-14-13-9-12(6-8-15-13)16-10-11(3)5-2/h6,8-9,11H,4-5,7,10H2,1-3H3,(H2,14,15,16). The van der Waals surface area contributed by atoms with Crippen LogP contribution in [0.3, 0.4) is 0 Å². The van der Waals surface area contributed by atoms with Crippen molar-refractivity contribution in [3.63, 3.8) is 0 Å². The average molecular weight is 221 g/mol. The second kappa shape index (κ2) is 7.09. The number of nitrogens with one attached hydrogen (secondary N) is 2. The Balaban J connectivity index is 2.46. The van der Waals surface area contributed by atoms with Gasteiger partial charge in [-0.1, -0.05) is 27.2 Å². The van der Waals surface area contributed by atoms with Crippen molar-refractivity contribution in [3.8, 4) is 0 Å². The zero-order chi connectivity index (χ0) is 11.8. The zero-order valence-corrected chi connectivity index (χ0v) is 10.6. The van der Waals surface area contributed by atoms with Crippen LogP contribution in [0, 0.1) is 5.92 Å². The van der Waals surface area contributed by atoms with E-state index in [4.69, 9.17) is 0 Å². The Morgan fingerprint density at radius 2 is 2.12 bits per heavy atom. The van der Waals surface area contributed by atoms with Gasteiger partial charge in [-0.15, -0.1) is 0 Å². The van der Waals surface area contributed by atoms with E-state index in [1.807, 2.05) is 12.3 Å². The maximum absolute atomic E-state index is 4.27. The summed E-state index contributed by atoms with van der Waals surface area (Å²) in [5.41, 5.74) is 1.15. The molecule has 0 aliphatic heterocycles. The van der Waals surface area contributed by atoms with Gasteiger partial charge in [-0.25, -0.2) is 4.98 Å². The molecule has 0 aliphatic carbocycles. The van der Waals surface area contributed by atoms with Crippen molar-refractivity contribution in [1.82, 2.24) is 4.98 Å². The lowest BCUT2D eigenvalue weighted by molar-refractivity contribution is 0.593. The van der Waals surface area contributed by atoms with Crippen LogP contribution in [0.4, 0.5) is 11.5 Å². The van der Waals surface area contributed by atoms with E-state index in [0.717, 1.165) is 31.0 Å². The molecule has 0 saturated heterocycles. The third-order valence-electron chi connectivity index (χ3n) is 2.67. The lowest BCUT2D eigenvalue weighted by Gasteiger charge is -2.12. The largest absolute Gasteiger partial charge is 0.385 e. The summed E-state index contributed by atoms with van der Waals surface area (Å²) in [5, 5.41) is 6.72. The van der Waals surface area contributed by atoms with Crippen LogP contribution >= 0.6 is 0 Å². The lowest BCUT2D eigenvalue weighted by atomic mass is 10.1. The second-order valence-corrected chi connectivity index (χ2v) is 4.25. The molecule has 1 aromatic heterocycles. The van der Waals surface area contributed by atoms with Gasteiger partial charge < -0.3 is 10.6 Å². The first-order valence-electron chi connectivity index (χ1n) is 6.20. The van der Waals surface area contributed by atoms with E-state index < -0.39 is 0 Å². The molecule has 1 atom stereocenters. The van der Waals surface area contributed by atoms with Gasteiger partial charge in [-0.3, -0.25) is 0 Å². The molecule has 1 rings (SSSR count). The highest BCUT2D eigenvalue weighted by Crippen LogP contribution is 2.13. The smallest absolute Gasteiger partial charge is 0.127 e. The average Bonchev–Trinajstić information content (AvgIpc) is 2.34. The van der Waals surface area contributed by atoms with Crippen molar-refractivity contribution in [3.05, 3.63) is 18.3 Å². The molecule has 0 spiro atoms. The Morgan fingerprint density at radius 1 is 1.31 bits per heavy atom. The number of anilines is 2. The number of hydrogen-bond donors (Lipinski definition) is 2. The van der Waals surface area contributed by atoms with Gasteiger partial charge in [-0.05, 0) is 18.4 Å². The number of aromatic nitrogens is 1. The van der Waals surface area contributed by atoms with E-state index in [9.17, 15) is 0 Å². The molecule has 3 heteroatoms. The van der Waals surface area contributed by atoms with E-state index in [0.29, 0.717) is 5.92 Å². The molecule has 0 bridgehead atoms. The van der Waals surface area contributed by atoms with Crippen LogP contribution in [-0.2, 0) is 0 Å². The van der Waals surface area contributed by atoms with Gasteiger partial charge in [-0.2, -0.15) is 0 Å². The number of pyridine rings is 1. The van der Waals surface area contributed by atoms with Gasteiger partial charge in [0.15, 0.2) is 0 Å². The summed E-state index contributed by atoms with van der Waals surface area (Å²) in [6, 6.07) is 4.08. The third-order valence-corrected chi connectivity index (χ3v) is 2.67. The molecule has 0 fully saturated rings. The molecule has 0 aromatic carbocycles. The number of hydrogen-bond acceptors (Lipinski definition) is 3. The minimum Gasteiger partial charge on any atom is -0.385 e. The van der Waals surface area contributed by atoms with Crippen LogP contribution in [0.2, 0.25) is 0 Å². The van der Waals surface area contributed by atoms with Gasteiger partial charge in [0, 0.05) is 31.0 Å². The minimum absolute atomic E-state index is 0.709. The molecule has 0 saturated carbocycles. The minimum atomic E-state index is 0.709.